The molecule has 0 fully saturated rings. The molecule has 1 N–H and O–H groups in total. The van der Waals surface area contributed by atoms with Crippen LogP contribution >= 0.6 is 0 Å². The van der Waals surface area contributed by atoms with E-state index in [1.807, 2.05) is 45.3 Å². The first-order chi connectivity index (χ1) is 11.2. The molecule has 1 aromatic carbocycles. The van der Waals surface area contributed by atoms with E-state index in [0.717, 1.165) is 29.7 Å². The van der Waals surface area contributed by atoms with E-state index in [1.54, 1.807) is 0 Å². The van der Waals surface area contributed by atoms with Crippen LogP contribution in [0.5, 0.6) is 0 Å². The smallest absolute Gasteiger partial charge is 0.268 e. The fraction of sp³-hybridized carbons (Fsp3) is 0.375. The number of benzene rings is 1. The van der Waals surface area contributed by atoms with Gasteiger partial charge in [-0.15, -0.1) is 20.4 Å². The molecule has 0 aliphatic carbocycles. The van der Waals surface area contributed by atoms with E-state index in [1.165, 1.54) is 0 Å². The summed E-state index contributed by atoms with van der Waals surface area (Å²) in [4.78, 5) is 2.11. The molecule has 0 radical (unpaired) electrons. The molecule has 0 saturated carbocycles. The zero-order valence-corrected chi connectivity index (χ0v) is 13.6. The first-order valence-electron chi connectivity index (χ1n) is 7.65. The van der Waals surface area contributed by atoms with Crippen molar-refractivity contribution in [1.29, 1.82) is 0 Å². The predicted molar refractivity (Wildman–Crippen MR) is 89.3 cm³/mol. The average molecular weight is 312 g/mol. The molecule has 3 rings (SSSR count). The van der Waals surface area contributed by atoms with Crippen LogP contribution in [-0.4, -0.2) is 52.5 Å². The van der Waals surface area contributed by atoms with Gasteiger partial charge in [-0.25, -0.2) is 0 Å². The molecule has 0 aliphatic heterocycles. The van der Waals surface area contributed by atoms with E-state index in [0.29, 0.717) is 23.9 Å². The highest BCUT2D eigenvalue weighted by Crippen LogP contribution is 2.28. The van der Waals surface area contributed by atoms with Crippen molar-refractivity contribution >= 4 is 16.6 Å². The molecule has 7 nitrogen and oxygen atoms in total. The maximum absolute atomic E-state index is 5.63. The van der Waals surface area contributed by atoms with E-state index in [-0.39, 0.29) is 0 Å². The third-order valence-corrected chi connectivity index (χ3v) is 3.51. The average Bonchev–Trinajstić information content (AvgIpc) is 3.03. The Hall–Kier alpha value is -2.54. The Balaban J connectivity index is 1.98. The van der Waals surface area contributed by atoms with Crippen molar-refractivity contribution in [3.8, 4) is 11.6 Å². The molecule has 0 unspecified atom stereocenters. The zero-order chi connectivity index (χ0) is 16.2. The number of fused-ring (bicyclic) bond motifs is 1. The van der Waals surface area contributed by atoms with Gasteiger partial charge in [0.2, 0.25) is 5.89 Å². The van der Waals surface area contributed by atoms with Gasteiger partial charge in [-0.2, -0.15) is 0 Å². The summed E-state index contributed by atoms with van der Waals surface area (Å²) in [6, 6.07) is 7.96. The summed E-state index contributed by atoms with van der Waals surface area (Å²) < 4.78 is 5.63. The molecule has 120 valence electrons. The molecule has 0 atom stereocenters. The van der Waals surface area contributed by atoms with Crippen molar-refractivity contribution in [3.63, 3.8) is 0 Å². The number of nitrogens with zero attached hydrogens (tertiary/aromatic N) is 5. The van der Waals surface area contributed by atoms with E-state index < -0.39 is 0 Å². The predicted octanol–water partition coefficient (Wildman–Crippen LogP) is 2.22. The minimum absolute atomic E-state index is 0.408. The van der Waals surface area contributed by atoms with Gasteiger partial charge < -0.3 is 14.6 Å². The second-order valence-corrected chi connectivity index (χ2v) is 5.53. The fourth-order valence-corrected chi connectivity index (χ4v) is 2.28. The Kier molecular flexibility index (Phi) is 4.47. The highest BCUT2D eigenvalue weighted by Gasteiger charge is 2.15. The normalized spacial score (nSPS) is 11.3. The number of hydrogen-bond donors (Lipinski definition) is 1. The van der Waals surface area contributed by atoms with Crippen LogP contribution in [0.4, 0.5) is 5.82 Å². The molecular weight excluding hydrogens is 292 g/mol. The molecule has 0 aliphatic rings. The van der Waals surface area contributed by atoms with Gasteiger partial charge in [-0.3, -0.25) is 0 Å². The molecule has 3 aromatic rings. The number of anilines is 1. The summed E-state index contributed by atoms with van der Waals surface area (Å²) in [5, 5.41) is 22.0. The third-order valence-electron chi connectivity index (χ3n) is 3.51. The van der Waals surface area contributed by atoms with E-state index in [2.05, 4.69) is 30.6 Å². The number of nitrogens with one attached hydrogen (secondary N) is 1. The zero-order valence-electron chi connectivity index (χ0n) is 13.6. The Morgan fingerprint density at radius 2 is 1.83 bits per heavy atom. The molecule has 0 amide bonds. The molecule has 0 spiro atoms. The third kappa shape index (κ3) is 3.29. The van der Waals surface area contributed by atoms with Crippen molar-refractivity contribution in [2.45, 2.75) is 13.3 Å². The quantitative estimate of drug-likeness (QED) is 0.747. The van der Waals surface area contributed by atoms with Crippen molar-refractivity contribution in [2.75, 3.05) is 32.5 Å². The second kappa shape index (κ2) is 6.70. The number of rotatable bonds is 6. The number of hydrogen-bond acceptors (Lipinski definition) is 7. The highest BCUT2D eigenvalue weighted by molar-refractivity contribution is 5.98. The second-order valence-electron chi connectivity index (χ2n) is 5.53. The van der Waals surface area contributed by atoms with Crippen molar-refractivity contribution in [2.24, 2.45) is 0 Å². The summed E-state index contributed by atoms with van der Waals surface area (Å²) in [6.07, 6.45) is 0.697. The maximum Gasteiger partial charge on any atom is 0.268 e. The summed E-state index contributed by atoms with van der Waals surface area (Å²) in [5.41, 5.74) is 0.617. The SMILES string of the molecule is CCc1nnc(-c2nnc(NCCN(C)C)c3ccccc23)o1. The van der Waals surface area contributed by atoms with Crippen molar-refractivity contribution < 1.29 is 4.42 Å². The summed E-state index contributed by atoms with van der Waals surface area (Å²) in [7, 11) is 4.07. The molecule has 7 heteroatoms. The van der Waals surface area contributed by atoms with Gasteiger partial charge in [-0.1, -0.05) is 31.2 Å². The van der Waals surface area contributed by atoms with Crippen LogP contribution in [0.2, 0.25) is 0 Å². The summed E-state index contributed by atoms with van der Waals surface area (Å²) >= 11 is 0. The number of aryl methyl sites for hydroxylation is 1. The largest absolute Gasteiger partial charge is 0.419 e. The van der Waals surface area contributed by atoms with Gasteiger partial charge in [0, 0.05) is 30.3 Å². The van der Waals surface area contributed by atoms with Crippen molar-refractivity contribution in [1.82, 2.24) is 25.3 Å². The van der Waals surface area contributed by atoms with Gasteiger partial charge >= 0.3 is 0 Å². The lowest BCUT2D eigenvalue weighted by molar-refractivity contribution is 0.425. The molecule has 2 heterocycles. The van der Waals surface area contributed by atoms with Crippen LogP contribution in [0.1, 0.15) is 12.8 Å². The van der Waals surface area contributed by atoms with Crippen LogP contribution in [0.25, 0.3) is 22.4 Å². The Bertz CT molecular complexity index is 798. The lowest BCUT2D eigenvalue weighted by Gasteiger charge is -2.12. The standard InChI is InChI=1S/C16H20N6O/c1-4-13-18-21-16(23-13)14-11-7-5-6-8-12(11)15(20-19-14)17-9-10-22(2)3/h5-8H,4,9-10H2,1-3H3,(H,17,20). The van der Waals surface area contributed by atoms with E-state index >= 15 is 0 Å². The molecule has 0 bridgehead atoms. The molecular formula is C16H20N6O. The number of aromatic nitrogens is 4. The highest BCUT2D eigenvalue weighted by atomic mass is 16.4. The van der Waals surface area contributed by atoms with E-state index in [9.17, 15) is 0 Å². The fourth-order valence-electron chi connectivity index (χ4n) is 2.28. The van der Waals surface area contributed by atoms with Crippen LogP contribution in [0.3, 0.4) is 0 Å². The monoisotopic (exact) mass is 312 g/mol. The van der Waals surface area contributed by atoms with Gasteiger partial charge in [0.15, 0.2) is 11.5 Å². The van der Waals surface area contributed by atoms with E-state index in [4.69, 9.17) is 4.42 Å². The van der Waals surface area contributed by atoms with Gasteiger partial charge in [0.05, 0.1) is 0 Å². The minimum atomic E-state index is 0.408. The Morgan fingerprint density at radius 1 is 1.04 bits per heavy atom. The Morgan fingerprint density at radius 3 is 2.52 bits per heavy atom. The minimum Gasteiger partial charge on any atom is -0.419 e. The van der Waals surface area contributed by atoms with Crippen LogP contribution in [-0.2, 0) is 6.42 Å². The van der Waals surface area contributed by atoms with Crippen LogP contribution in [0, 0.1) is 0 Å². The first kappa shape index (κ1) is 15.4. The van der Waals surface area contributed by atoms with Gasteiger partial charge in [0.25, 0.3) is 5.89 Å². The van der Waals surface area contributed by atoms with Gasteiger partial charge in [0.1, 0.15) is 0 Å². The lowest BCUT2D eigenvalue weighted by Crippen LogP contribution is -2.21. The number of likely N-dealkylation sites (N-methyl/N-ethyl adjacent to an activating group) is 1. The van der Waals surface area contributed by atoms with Crippen LogP contribution < -0.4 is 5.32 Å². The molecule has 23 heavy (non-hydrogen) atoms. The molecule has 2 aromatic heterocycles. The Labute approximate surface area is 134 Å². The lowest BCUT2D eigenvalue weighted by atomic mass is 10.1. The first-order valence-corrected chi connectivity index (χ1v) is 7.65. The summed E-state index contributed by atoms with van der Waals surface area (Å²) in [6.45, 7) is 3.69. The van der Waals surface area contributed by atoms with Gasteiger partial charge in [-0.05, 0) is 14.1 Å². The topological polar surface area (TPSA) is 80.0 Å². The maximum atomic E-state index is 5.63. The van der Waals surface area contributed by atoms with Crippen molar-refractivity contribution in [3.05, 3.63) is 30.2 Å². The molecule has 0 saturated heterocycles. The summed E-state index contributed by atoms with van der Waals surface area (Å²) in [5.74, 6) is 1.77. The van der Waals surface area contributed by atoms with Crippen LogP contribution in [0.15, 0.2) is 28.7 Å².